The van der Waals surface area contributed by atoms with E-state index >= 15 is 0 Å². The standard InChI is InChI=1S/C16H25N3O3.ClH/c1-4-19(13(2)20)12-14-7-5-6-8-15(14)18-16(21)11-17-9-10-22-3;/h5-8,17H,4,9-12H2,1-3H3,(H,18,21);1H. The first-order valence-electron chi connectivity index (χ1n) is 7.41. The molecule has 7 heteroatoms. The first-order chi connectivity index (χ1) is 10.6. The molecule has 0 saturated heterocycles. The molecule has 2 amide bonds. The highest BCUT2D eigenvalue weighted by Gasteiger charge is 2.11. The van der Waals surface area contributed by atoms with Gasteiger partial charge in [-0.15, -0.1) is 12.4 Å². The van der Waals surface area contributed by atoms with Crippen LogP contribution in [0.5, 0.6) is 0 Å². The molecule has 0 radical (unpaired) electrons. The molecule has 0 unspecified atom stereocenters. The minimum atomic E-state index is -0.116. The number of hydrogen-bond donors (Lipinski definition) is 2. The number of rotatable bonds is 9. The number of anilines is 1. The van der Waals surface area contributed by atoms with Gasteiger partial charge in [0, 0.05) is 39.4 Å². The van der Waals surface area contributed by atoms with Gasteiger partial charge < -0.3 is 20.3 Å². The van der Waals surface area contributed by atoms with Crippen LogP contribution in [-0.4, -0.2) is 50.1 Å². The number of para-hydroxylation sites is 1. The van der Waals surface area contributed by atoms with Crippen LogP contribution in [0.1, 0.15) is 19.4 Å². The van der Waals surface area contributed by atoms with Gasteiger partial charge in [0.2, 0.25) is 11.8 Å². The van der Waals surface area contributed by atoms with Crippen LogP contribution in [-0.2, 0) is 20.9 Å². The fourth-order valence-electron chi connectivity index (χ4n) is 2.00. The van der Waals surface area contributed by atoms with E-state index in [2.05, 4.69) is 10.6 Å². The minimum absolute atomic E-state index is 0. The van der Waals surface area contributed by atoms with Crippen molar-refractivity contribution in [3.8, 4) is 0 Å². The summed E-state index contributed by atoms with van der Waals surface area (Å²) in [7, 11) is 1.62. The maximum atomic E-state index is 11.9. The smallest absolute Gasteiger partial charge is 0.238 e. The molecule has 0 heterocycles. The average molecular weight is 344 g/mol. The normalized spacial score (nSPS) is 9.87. The highest BCUT2D eigenvalue weighted by molar-refractivity contribution is 5.93. The maximum absolute atomic E-state index is 11.9. The molecule has 130 valence electrons. The Morgan fingerprint density at radius 3 is 2.57 bits per heavy atom. The number of carbonyl (C=O) groups is 2. The van der Waals surface area contributed by atoms with Crippen LogP contribution in [0.25, 0.3) is 0 Å². The van der Waals surface area contributed by atoms with E-state index in [1.165, 1.54) is 0 Å². The van der Waals surface area contributed by atoms with Gasteiger partial charge in [-0.2, -0.15) is 0 Å². The third-order valence-corrected chi connectivity index (χ3v) is 3.25. The number of halogens is 1. The molecule has 0 aliphatic rings. The summed E-state index contributed by atoms with van der Waals surface area (Å²) in [5.41, 5.74) is 1.66. The van der Waals surface area contributed by atoms with Crippen molar-refractivity contribution in [1.29, 1.82) is 0 Å². The van der Waals surface area contributed by atoms with E-state index in [4.69, 9.17) is 4.74 Å². The van der Waals surface area contributed by atoms with Crippen molar-refractivity contribution >= 4 is 29.9 Å². The van der Waals surface area contributed by atoms with E-state index in [0.717, 1.165) is 11.3 Å². The number of carbonyl (C=O) groups excluding carboxylic acids is 2. The van der Waals surface area contributed by atoms with Crippen LogP contribution in [0, 0.1) is 0 Å². The largest absolute Gasteiger partial charge is 0.383 e. The highest BCUT2D eigenvalue weighted by atomic mass is 35.5. The van der Waals surface area contributed by atoms with E-state index in [1.54, 1.807) is 18.9 Å². The Hall–Kier alpha value is -1.63. The van der Waals surface area contributed by atoms with Gasteiger partial charge in [0.05, 0.1) is 13.2 Å². The number of amides is 2. The van der Waals surface area contributed by atoms with Crippen molar-refractivity contribution in [3.63, 3.8) is 0 Å². The summed E-state index contributed by atoms with van der Waals surface area (Å²) >= 11 is 0. The lowest BCUT2D eigenvalue weighted by Gasteiger charge is -2.21. The Morgan fingerprint density at radius 2 is 1.96 bits per heavy atom. The number of ether oxygens (including phenoxy) is 1. The summed E-state index contributed by atoms with van der Waals surface area (Å²) in [6, 6.07) is 7.52. The van der Waals surface area contributed by atoms with E-state index in [-0.39, 0.29) is 30.8 Å². The maximum Gasteiger partial charge on any atom is 0.238 e. The molecule has 0 atom stereocenters. The zero-order chi connectivity index (χ0) is 16.4. The number of hydrogen-bond acceptors (Lipinski definition) is 4. The Bertz CT molecular complexity index is 497. The molecule has 1 aromatic carbocycles. The summed E-state index contributed by atoms with van der Waals surface area (Å²) in [6.07, 6.45) is 0. The van der Waals surface area contributed by atoms with E-state index in [9.17, 15) is 9.59 Å². The Balaban J connectivity index is 0.00000484. The quantitative estimate of drug-likeness (QED) is 0.669. The average Bonchev–Trinajstić information content (AvgIpc) is 2.50. The monoisotopic (exact) mass is 343 g/mol. The predicted molar refractivity (Wildman–Crippen MR) is 93.8 cm³/mol. The zero-order valence-corrected chi connectivity index (χ0v) is 14.7. The molecule has 0 bridgehead atoms. The summed E-state index contributed by atoms with van der Waals surface area (Å²) < 4.78 is 4.91. The number of benzene rings is 1. The van der Waals surface area contributed by atoms with Gasteiger partial charge in [-0.25, -0.2) is 0 Å². The van der Waals surface area contributed by atoms with Gasteiger partial charge >= 0.3 is 0 Å². The minimum Gasteiger partial charge on any atom is -0.383 e. The number of nitrogens with zero attached hydrogens (tertiary/aromatic N) is 1. The van der Waals surface area contributed by atoms with Gasteiger partial charge in [-0.3, -0.25) is 9.59 Å². The van der Waals surface area contributed by atoms with Crippen molar-refractivity contribution in [2.75, 3.05) is 38.7 Å². The molecule has 0 aliphatic carbocycles. The van der Waals surface area contributed by atoms with Gasteiger partial charge in [0.25, 0.3) is 0 Å². The number of nitrogens with one attached hydrogen (secondary N) is 2. The second-order valence-corrected chi connectivity index (χ2v) is 4.91. The van der Waals surface area contributed by atoms with Crippen LogP contribution in [0.2, 0.25) is 0 Å². The first kappa shape index (κ1) is 21.4. The summed E-state index contributed by atoms with van der Waals surface area (Å²) in [5.74, 6) is -0.0979. The Labute approximate surface area is 144 Å². The molecular weight excluding hydrogens is 318 g/mol. The lowest BCUT2D eigenvalue weighted by Crippen LogP contribution is -2.31. The molecule has 6 nitrogen and oxygen atoms in total. The van der Waals surface area contributed by atoms with Crippen molar-refractivity contribution in [3.05, 3.63) is 29.8 Å². The third kappa shape index (κ3) is 7.97. The van der Waals surface area contributed by atoms with Crippen molar-refractivity contribution in [2.24, 2.45) is 0 Å². The van der Waals surface area contributed by atoms with Crippen LogP contribution < -0.4 is 10.6 Å². The highest BCUT2D eigenvalue weighted by Crippen LogP contribution is 2.17. The summed E-state index contributed by atoms with van der Waals surface area (Å²) in [5, 5.41) is 5.87. The van der Waals surface area contributed by atoms with Crippen molar-refractivity contribution < 1.29 is 14.3 Å². The van der Waals surface area contributed by atoms with Crippen LogP contribution in [0.4, 0.5) is 5.69 Å². The van der Waals surface area contributed by atoms with Gasteiger partial charge in [-0.1, -0.05) is 18.2 Å². The summed E-state index contributed by atoms with van der Waals surface area (Å²) in [4.78, 5) is 25.2. The van der Waals surface area contributed by atoms with Crippen LogP contribution >= 0.6 is 12.4 Å². The summed E-state index contributed by atoms with van der Waals surface area (Å²) in [6.45, 7) is 6.01. The molecule has 2 N–H and O–H groups in total. The fraction of sp³-hybridized carbons (Fsp3) is 0.500. The predicted octanol–water partition coefficient (Wildman–Crippen LogP) is 1.65. The third-order valence-electron chi connectivity index (χ3n) is 3.25. The fourth-order valence-corrected chi connectivity index (χ4v) is 2.00. The zero-order valence-electron chi connectivity index (χ0n) is 13.9. The molecular formula is C16H26ClN3O3. The lowest BCUT2D eigenvalue weighted by atomic mass is 10.1. The molecule has 0 aromatic heterocycles. The van der Waals surface area contributed by atoms with Crippen LogP contribution in [0.15, 0.2) is 24.3 Å². The molecule has 0 saturated carbocycles. The first-order valence-corrected chi connectivity index (χ1v) is 7.41. The molecule has 23 heavy (non-hydrogen) atoms. The Morgan fingerprint density at radius 1 is 1.26 bits per heavy atom. The molecule has 1 aromatic rings. The second-order valence-electron chi connectivity index (χ2n) is 4.91. The lowest BCUT2D eigenvalue weighted by molar-refractivity contribution is -0.129. The number of methoxy groups -OCH3 is 1. The topological polar surface area (TPSA) is 70.7 Å². The molecule has 0 fully saturated rings. The SMILES string of the molecule is CCN(Cc1ccccc1NC(=O)CNCCOC)C(C)=O.Cl. The molecule has 1 rings (SSSR count). The molecule has 0 spiro atoms. The van der Waals surface area contributed by atoms with Crippen LogP contribution in [0.3, 0.4) is 0 Å². The van der Waals surface area contributed by atoms with Gasteiger partial charge in [0.1, 0.15) is 0 Å². The van der Waals surface area contributed by atoms with Crippen molar-refractivity contribution in [1.82, 2.24) is 10.2 Å². The van der Waals surface area contributed by atoms with Gasteiger partial charge in [-0.05, 0) is 18.6 Å². The molecule has 0 aliphatic heterocycles. The second kappa shape index (κ2) is 11.9. The van der Waals surface area contributed by atoms with E-state index in [1.807, 2.05) is 31.2 Å². The van der Waals surface area contributed by atoms with Crippen molar-refractivity contribution in [2.45, 2.75) is 20.4 Å². The van der Waals surface area contributed by atoms with Gasteiger partial charge in [0.15, 0.2) is 0 Å². The van der Waals surface area contributed by atoms with E-state index < -0.39 is 0 Å². The Kier molecular flexibility index (Phi) is 11.0. The van der Waals surface area contributed by atoms with E-state index in [0.29, 0.717) is 26.2 Å².